The summed E-state index contributed by atoms with van der Waals surface area (Å²) in [6.45, 7) is 6.40. The Balaban J connectivity index is 4.41. The van der Waals surface area contributed by atoms with Gasteiger partial charge in [0, 0.05) is 19.3 Å². The van der Waals surface area contributed by atoms with Crippen LogP contribution in [-0.2, 0) is 28.6 Å². The normalized spacial score (nSPS) is 12.9. The lowest BCUT2D eigenvalue weighted by Crippen LogP contribution is -2.30. The van der Waals surface area contributed by atoms with Gasteiger partial charge < -0.3 is 14.2 Å². The van der Waals surface area contributed by atoms with Crippen LogP contribution in [0.15, 0.2) is 122 Å². The molecule has 1 unspecified atom stereocenters. The van der Waals surface area contributed by atoms with Gasteiger partial charge in [0.15, 0.2) is 6.10 Å². The SMILES string of the molecule is CC/C=C\C/C=C\C/C=C\C/C=C\C/C=C\C/C=C\CCCCC(=O)OC(COC(=O)CCCCCCCCCCCCCC/C=C\C/C=C\C/C=C\C/C=C\CC)COC(=O)CCCCCCCCCCCCCCCC. The Bertz CT molecular complexity index is 1620. The number of carbonyl (C=O) groups excluding carboxylic acids is 3. The van der Waals surface area contributed by atoms with Crippen molar-refractivity contribution in [1.82, 2.24) is 0 Å². The first-order valence-electron chi connectivity index (χ1n) is 32.5. The Hall–Kier alpha value is -4.19. The molecule has 0 aromatic heterocycles. The molecular formula is C72H120O6. The van der Waals surface area contributed by atoms with E-state index in [0.717, 1.165) is 116 Å². The molecule has 1 atom stereocenters. The fourth-order valence-electron chi connectivity index (χ4n) is 8.91. The average Bonchev–Trinajstić information content (AvgIpc) is 3.44. The van der Waals surface area contributed by atoms with Gasteiger partial charge in [0.1, 0.15) is 13.2 Å². The Morgan fingerprint density at radius 1 is 0.269 bits per heavy atom. The smallest absolute Gasteiger partial charge is 0.306 e. The number of esters is 3. The zero-order valence-electron chi connectivity index (χ0n) is 50.9. The molecule has 0 N–H and O–H groups in total. The number of carbonyl (C=O) groups is 3. The van der Waals surface area contributed by atoms with Gasteiger partial charge in [-0.3, -0.25) is 14.4 Å². The molecule has 0 heterocycles. The van der Waals surface area contributed by atoms with Crippen molar-refractivity contribution in [2.45, 2.75) is 303 Å². The van der Waals surface area contributed by atoms with Gasteiger partial charge in [0.2, 0.25) is 0 Å². The highest BCUT2D eigenvalue weighted by Crippen LogP contribution is 2.16. The predicted molar refractivity (Wildman–Crippen MR) is 339 cm³/mol. The minimum atomic E-state index is -0.804. The lowest BCUT2D eigenvalue weighted by molar-refractivity contribution is -0.167. The van der Waals surface area contributed by atoms with Crippen molar-refractivity contribution in [3.05, 3.63) is 122 Å². The average molecular weight is 1080 g/mol. The third-order valence-corrected chi connectivity index (χ3v) is 13.7. The van der Waals surface area contributed by atoms with Crippen molar-refractivity contribution in [2.24, 2.45) is 0 Å². The van der Waals surface area contributed by atoms with Crippen molar-refractivity contribution in [1.29, 1.82) is 0 Å². The summed E-state index contributed by atoms with van der Waals surface area (Å²) in [5.74, 6) is -0.934. The van der Waals surface area contributed by atoms with Crippen LogP contribution in [0.4, 0.5) is 0 Å². The highest BCUT2D eigenvalue weighted by molar-refractivity contribution is 5.71. The van der Waals surface area contributed by atoms with Gasteiger partial charge in [-0.1, -0.05) is 290 Å². The van der Waals surface area contributed by atoms with Crippen LogP contribution in [0.1, 0.15) is 297 Å². The zero-order chi connectivity index (χ0) is 56.4. The Morgan fingerprint density at radius 3 is 0.808 bits per heavy atom. The molecule has 0 rings (SSSR count). The Labute approximate surface area is 482 Å². The molecule has 0 amide bonds. The first-order chi connectivity index (χ1) is 38.5. The molecule has 0 spiro atoms. The van der Waals surface area contributed by atoms with E-state index in [4.69, 9.17) is 14.2 Å². The van der Waals surface area contributed by atoms with E-state index in [-0.39, 0.29) is 37.5 Å². The lowest BCUT2D eigenvalue weighted by atomic mass is 10.0. The summed E-state index contributed by atoms with van der Waals surface area (Å²) >= 11 is 0. The van der Waals surface area contributed by atoms with Crippen molar-refractivity contribution in [3.8, 4) is 0 Å². The van der Waals surface area contributed by atoms with Crippen LogP contribution >= 0.6 is 0 Å². The molecule has 0 aromatic carbocycles. The lowest BCUT2D eigenvalue weighted by Gasteiger charge is -2.18. The van der Waals surface area contributed by atoms with Crippen molar-refractivity contribution in [3.63, 3.8) is 0 Å². The fraction of sp³-hybridized carbons (Fsp3) is 0.681. The highest BCUT2D eigenvalue weighted by atomic mass is 16.6. The van der Waals surface area contributed by atoms with E-state index in [1.54, 1.807) is 0 Å². The summed E-state index contributed by atoms with van der Waals surface area (Å²) in [4.78, 5) is 38.3. The van der Waals surface area contributed by atoms with E-state index in [2.05, 4.69) is 142 Å². The van der Waals surface area contributed by atoms with Crippen LogP contribution in [-0.4, -0.2) is 37.2 Å². The van der Waals surface area contributed by atoms with Gasteiger partial charge in [0.05, 0.1) is 0 Å². The second kappa shape index (κ2) is 65.3. The first-order valence-corrected chi connectivity index (χ1v) is 32.5. The topological polar surface area (TPSA) is 78.9 Å². The monoisotopic (exact) mass is 1080 g/mol. The van der Waals surface area contributed by atoms with Gasteiger partial charge in [0.25, 0.3) is 0 Å². The molecule has 0 aromatic rings. The second-order valence-electron chi connectivity index (χ2n) is 21.3. The third kappa shape index (κ3) is 62.7. The number of allylic oxidation sites excluding steroid dienone is 20. The Morgan fingerprint density at radius 2 is 0.500 bits per heavy atom. The predicted octanol–water partition coefficient (Wildman–Crippen LogP) is 22.4. The molecule has 0 fully saturated rings. The summed E-state index contributed by atoms with van der Waals surface area (Å²) in [6, 6.07) is 0. The van der Waals surface area contributed by atoms with Crippen LogP contribution in [0.5, 0.6) is 0 Å². The van der Waals surface area contributed by atoms with E-state index in [1.165, 1.54) is 135 Å². The maximum atomic E-state index is 12.9. The second-order valence-corrected chi connectivity index (χ2v) is 21.3. The molecule has 6 heteroatoms. The van der Waals surface area contributed by atoms with E-state index in [9.17, 15) is 14.4 Å². The number of rotatable bonds is 58. The summed E-state index contributed by atoms with van der Waals surface area (Å²) < 4.78 is 16.9. The Kier molecular flexibility index (Phi) is 61.8. The first kappa shape index (κ1) is 73.8. The van der Waals surface area contributed by atoms with E-state index < -0.39 is 6.10 Å². The molecule has 444 valence electrons. The molecular weight excluding hydrogens is 961 g/mol. The molecule has 0 saturated heterocycles. The van der Waals surface area contributed by atoms with Crippen LogP contribution < -0.4 is 0 Å². The van der Waals surface area contributed by atoms with Crippen LogP contribution in [0.25, 0.3) is 0 Å². The van der Waals surface area contributed by atoms with Gasteiger partial charge in [-0.05, 0) is 109 Å². The van der Waals surface area contributed by atoms with Gasteiger partial charge in [-0.2, -0.15) is 0 Å². The zero-order valence-corrected chi connectivity index (χ0v) is 50.9. The van der Waals surface area contributed by atoms with Gasteiger partial charge in [-0.25, -0.2) is 0 Å². The van der Waals surface area contributed by atoms with Gasteiger partial charge >= 0.3 is 17.9 Å². The van der Waals surface area contributed by atoms with E-state index in [0.29, 0.717) is 19.3 Å². The molecule has 0 aliphatic rings. The van der Waals surface area contributed by atoms with Crippen molar-refractivity contribution >= 4 is 17.9 Å². The molecule has 0 bridgehead atoms. The van der Waals surface area contributed by atoms with E-state index >= 15 is 0 Å². The molecule has 0 aliphatic carbocycles. The molecule has 0 aliphatic heterocycles. The minimum absolute atomic E-state index is 0.0956. The molecule has 6 nitrogen and oxygen atoms in total. The van der Waals surface area contributed by atoms with Crippen molar-refractivity contribution < 1.29 is 28.6 Å². The van der Waals surface area contributed by atoms with E-state index in [1.807, 2.05) is 0 Å². The van der Waals surface area contributed by atoms with Crippen molar-refractivity contribution in [2.75, 3.05) is 13.2 Å². The molecule has 78 heavy (non-hydrogen) atoms. The summed E-state index contributed by atoms with van der Waals surface area (Å²) in [5, 5.41) is 0. The largest absolute Gasteiger partial charge is 0.462 e. The third-order valence-electron chi connectivity index (χ3n) is 13.7. The summed E-state index contributed by atoms with van der Waals surface area (Å²) in [5.41, 5.74) is 0. The fourth-order valence-corrected chi connectivity index (χ4v) is 8.91. The van der Waals surface area contributed by atoms with Gasteiger partial charge in [-0.15, -0.1) is 0 Å². The number of unbranched alkanes of at least 4 members (excludes halogenated alkanes) is 27. The standard InChI is InChI=1S/C72H120O6/c1-4-7-10-13-16-19-22-25-28-30-32-34-35-36-37-39-40-42-44-47-50-53-56-59-62-65-71(74)77-68-69(67-76-70(73)64-61-58-55-52-49-46-27-24-21-18-15-12-9-6-3)78-72(75)66-63-60-57-54-51-48-45-43-41-38-33-31-29-26-23-20-17-14-11-8-5-2/h7-8,10-11,16-17,19-20,25-26,28-29,32-34,38,43,45,51,54,69H,4-6,9,12-15,18,21-24,27,30-31,35-37,39-42,44,46-50,52-53,55-68H2,1-3H3/b10-7-,11-8-,19-16-,20-17-,28-25-,29-26-,34-32-,38-33-,45-43-,54-51-. The quantitative estimate of drug-likeness (QED) is 0.0261. The summed E-state index contributed by atoms with van der Waals surface area (Å²) in [7, 11) is 0. The number of hydrogen-bond acceptors (Lipinski definition) is 6. The number of ether oxygens (including phenoxy) is 3. The maximum Gasteiger partial charge on any atom is 0.306 e. The van der Waals surface area contributed by atoms with Crippen LogP contribution in [0, 0.1) is 0 Å². The number of hydrogen-bond donors (Lipinski definition) is 0. The minimum Gasteiger partial charge on any atom is -0.462 e. The maximum absolute atomic E-state index is 12.9. The molecule has 0 saturated carbocycles. The van der Waals surface area contributed by atoms with Crippen LogP contribution in [0.2, 0.25) is 0 Å². The highest BCUT2D eigenvalue weighted by Gasteiger charge is 2.19. The van der Waals surface area contributed by atoms with Crippen LogP contribution in [0.3, 0.4) is 0 Å². The molecule has 0 radical (unpaired) electrons. The summed E-state index contributed by atoms with van der Waals surface area (Å²) in [6.07, 6.45) is 90.6.